The molecule has 0 aliphatic heterocycles. The standard InChI is InChI=1S/C16H10ClF3N2O2/c17-12-7-3-4-8-13(12)23-9-14-21-15(24-22-14)10-5-1-2-6-11(10)16(18,19)20/h1-8H,9H2. The zero-order chi connectivity index (χ0) is 17.2. The van der Waals surface area contributed by atoms with Gasteiger partial charge in [-0.3, -0.25) is 0 Å². The van der Waals surface area contributed by atoms with E-state index in [-0.39, 0.29) is 23.9 Å². The van der Waals surface area contributed by atoms with Gasteiger partial charge in [-0.1, -0.05) is 41.0 Å². The van der Waals surface area contributed by atoms with Crippen LogP contribution in [0.4, 0.5) is 13.2 Å². The van der Waals surface area contributed by atoms with Crippen LogP contribution in [0, 0.1) is 0 Å². The fourth-order valence-corrected chi connectivity index (χ4v) is 2.23. The second-order valence-electron chi connectivity index (χ2n) is 4.78. The molecule has 0 atom stereocenters. The van der Waals surface area contributed by atoms with Crippen LogP contribution in [0.1, 0.15) is 11.4 Å². The second-order valence-corrected chi connectivity index (χ2v) is 5.19. The highest BCUT2D eigenvalue weighted by atomic mass is 35.5. The summed E-state index contributed by atoms with van der Waals surface area (Å²) in [4.78, 5) is 3.95. The number of para-hydroxylation sites is 1. The Morgan fingerprint density at radius 1 is 1.04 bits per heavy atom. The molecule has 0 saturated heterocycles. The van der Waals surface area contributed by atoms with E-state index in [1.807, 2.05) is 0 Å². The van der Waals surface area contributed by atoms with Crippen LogP contribution in [0.15, 0.2) is 53.1 Å². The first kappa shape index (κ1) is 16.3. The number of ether oxygens (including phenoxy) is 1. The molecule has 8 heteroatoms. The van der Waals surface area contributed by atoms with E-state index in [9.17, 15) is 13.2 Å². The fourth-order valence-electron chi connectivity index (χ4n) is 2.04. The first-order valence-corrected chi connectivity index (χ1v) is 7.19. The van der Waals surface area contributed by atoms with Crippen molar-refractivity contribution in [2.45, 2.75) is 12.8 Å². The predicted molar refractivity (Wildman–Crippen MR) is 80.5 cm³/mol. The van der Waals surface area contributed by atoms with Gasteiger partial charge in [0.2, 0.25) is 5.82 Å². The SMILES string of the molecule is FC(F)(F)c1ccccc1-c1nc(COc2ccccc2Cl)no1. The van der Waals surface area contributed by atoms with E-state index in [4.69, 9.17) is 20.9 Å². The number of hydrogen-bond donors (Lipinski definition) is 0. The highest BCUT2D eigenvalue weighted by molar-refractivity contribution is 6.32. The van der Waals surface area contributed by atoms with Gasteiger partial charge < -0.3 is 9.26 Å². The molecule has 1 heterocycles. The molecule has 3 aromatic rings. The van der Waals surface area contributed by atoms with Crippen molar-refractivity contribution in [3.63, 3.8) is 0 Å². The quantitative estimate of drug-likeness (QED) is 0.662. The molecule has 4 nitrogen and oxygen atoms in total. The topological polar surface area (TPSA) is 48.2 Å². The maximum atomic E-state index is 13.0. The van der Waals surface area contributed by atoms with E-state index >= 15 is 0 Å². The summed E-state index contributed by atoms with van der Waals surface area (Å²) in [5.74, 6) is 0.309. The van der Waals surface area contributed by atoms with Crippen LogP contribution in [0.2, 0.25) is 5.02 Å². The Morgan fingerprint density at radius 2 is 1.75 bits per heavy atom. The van der Waals surface area contributed by atoms with Gasteiger partial charge in [0.25, 0.3) is 5.89 Å². The molecule has 0 aliphatic carbocycles. The van der Waals surface area contributed by atoms with Crippen molar-refractivity contribution >= 4 is 11.6 Å². The van der Waals surface area contributed by atoms with E-state index in [0.29, 0.717) is 10.8 Å². The number of rotatable bonds is 4. The smallest absolute Gasteiger partial charge is 0.417 e. The van der Waals surface area contributed by atoms with Gasteiger partial charge in [-0.15, -0.1) is 0 Å². The molecular weight excluding hydrogens is 345 g/mol. The number of aromatic nitrogens is 2. The fraction of sp³-hybridized carbons (Fsp3) is 0.125. The number of halogens is 4. The Kier molecular flexibility index (Phi) is 4.44. The maximum absolute atomic E-state index is 13.0. The van der Waals surface area contributed by atoms with Gasteiger partial charge in [0, 0.05) is 0 Å². The molecule has 0 N–H and O–H groups in total. The van der Waals surface area contributed by atoms with E-state index in [1.54, 1.807) is 24.3 Å². The van der Waals surface area contributed by atoms with Crippen LogP contribution in [-0.4, -0.2) is 10.1 Å². The highest BCUT2D eigenvalue weighted by Crippen LogP contribution is 2.36. The molecule has 2 aromatic carbocycles. The first-order chi connectivity index (χ1) is 11.4. The van der Waals surface area contributed by atoms with Crippen molar-refractivity contribution in [2.75, 3.05) is 0 Å². The van der Waals surface area contributed by atoms with Crippen LogP contribution in [0.5, 0.6) is 5.75 Å². The molecule has 0 spiro atoms. The molecule has 0 unspecified atom stereocenters. The lowest BCUT2D eigenvalue weighted by Gasteiger charge is -2.09. The monoisotopic (exact) mass is 354 g/mol. The minimum absolute atomic E-state index is 0.0819. The molecule has 0 aliphatic rings. The summed E-state index contributed by atoms with van der Waals surface area (Å²) in [6.07, 6.45) is -4.51. The molecule has 3 rings (SSSR count). The highest BCUT2D eigenvalue weighted by Gasteiger charge is 2.34. The van der Waals surface area contributed by atoms with Gasteiger partial charge in [-0.25, -0.2) is 0 Å². The second kappa shape index (κ2) is 6.52. The zero-order valence-electron chi connectivity index (χ0n) is 12.0. The molecule has 0 bridgehead atoms. The number of alkyl halides is 3. The number of benzene rings is 2. The van der Waals surface area contributed by atoms with Crippen LogP contribution >= 0.6 is 11.6 Å². The Morgan fingerprint density at radius 3 is 2.50 bits per heavy atom. The average Bonchev–Trinajstić information content (AvgIpc) is 3.02. The summed E-state index contributed by atoms with van der Waals surface area (Å²) in [5, 5.41) is 4.05. The van der Waals surface area contributed by atoms with Gasteiger partial charge in [-0.05, 0) is 24.3 Å². The van der Waals surface area contributed by atoms with E-state index in [0.717, 1.165) is 6.07 Å². The third-order valence-electron chi connectivity index (χ3n) is 3.12. The minimum atomic E-state index is -4.51. The van der Waals surface area contributed by atoms with Gasteiger partial charge in [0.05, 0.1) is 16.1 Å². The molecule has 0 radical (unpaired) electrons. The van der Waals surface area contributed by atoms with Gasteiger partial charge >= 0.3 is 6.18 Å². The van der Waals surface area contributed by atoms with E-state index < -0.39 is 11.7 Å². The van der Waals surface area contributed by atoms with Crippen LogP contribution in [-0.2, 0) is 12.8 Å². The van der Waals surface area contributed by atoms with Crippen molar-refractivity contribution in [1.82, 2.24) is 10.1 Å². The summed E-state index contributed by atoms with van der Waals surface area (Å²) in [7, 11) is 0. The molecule has 0 fully saturated rings. The van der Waals surface area contributed by atoms with Crippen LogP contribution in [0.3, 0.4) is 0 Å². The molecular formula is C16H10ClF3N2O2. The van der Waals surface area contributed by atoms with Crippen molar-refractivity contribution in [3.8, 4) is 17.2 Å². The minimum Gasteiger partial charge on any atom is -0.484 e. The Balaban J connectivity index is 1.81. The predicted octanol–water partition coefficient (Wildman–Crippen LogP) is 4.99. The lowest BCUT2D eigenvalue weighted by molar-refractivity contribution is -0.137. The third kappa shape index (κ3) is 3.51. The van der Waals surface area contributed by atoms with Crippen molar-refractivity contribution in [3.05, 3.63) is 64.9 Å². The van der Waals surface area contributed by atoms with Gasteiger partial charge in [-0.2, -0.15) is 18.2 Å². The molecule has 124 valence electrons. The Hall–Kier alpha value is -2.54. The zero-order valence-corrected chi connectivity index (χ0v) is 12.8. The maximum Gasteiger partial charge on any atom is 0.417 e. The summed E-state index contributed by atoms with van der Waals surface area (Å²) >= 11 is 5.95. The summed E-state index contributed by atoms with van der Waals surface area (Å²) < 4.78 is 49.4. The number of nitrogens with zero attached hydrogens (tertiary/aromatic N) is 2. The van der Waals surface area contributed by atoms with Crippen molar-refractivity contribution in [1.29, 1.82) is 0 Å². The van der Waals surface area contributed by atoms with E-state index in [2.05, 4.69) is 10.1 Å². The first-order valence-electron chi connectivity index (χ1n) is 6.81. The largest absolute Gasteiger partial charge is 0.484 e. The normalized spacial score (nSPS) is 11.5. The summed E-state index contributed by atoms with van der Waals surface area (Å²) in [5.41, 5.74) is -1.02. The lowest BCUT2D eigenvalue weighted by Crippen LogP contribution is -2.07. The molecule has 0 saturated carbocycles. The Bertz CT molecular complexity index is 849. The third-order valence-corrected chi connectivity index (χ3v) is 3.44. The van der Waals surface area contributed by atoms with Gasteiger partial charge in [0.1, 0.15) is 5.75 Å². The Labute approximate surface area is 139 Å². The summed E-state index contributed by atoms with van der Waals surface area (Å²) in [6, 6.07) is 11.8. The van der Waals surface area contributed by atoms with E-state index in [1.165, 1.54) is 18.2 Å². The molecule has 1 aromatic heterocycles. The van der Waals surface area contributed by atoms with Crippen LogP contribution in [0.25, 0.3) is 11.5 Å². The van der Waals surface area contributed by atoms with Crippen molar-refractivity contribution < 1.29 is 22.4 Å². The average molecular weight is 355 g/mol. The number of hydrogen-bond acceptors (Lipinski definition) is 4. The molecule has 0 amide bonds. The lowest BCUT2D eigenvalue weighted by atomic mass is 10.1. The van der Waals surface area contributed by atoms with Crippen LogP contribution < -0.4 is 4.74 Å². The van der Waals surface area contributed by atoms with Gasteiger partial charge in [0.15, 0.2) is 6.61 Å². The molecule has 24 heavy (non-hydrogen) atoms. The summed E-state index contributed by atoms with van der Waals surface area (Å²) in [6.45, 7) is -0.0819. The van der Waals surface area contributed by atoms with Crippen molar-refractivity contribution in [2.24, 2.45) is 0 Å².